The summed E-state index contributed by atoms with van der Waals surface area (Å²) in [6.45, 7) is 11.7. The molecule has 1 unspecified atom stereocenters. The standard InChI is InChI=1S/C26H32FN5O.C3H6O/c1-4-13-32(14-11-19(3)5-2)22-7-9-25(30-18-22)31-26(33)15-20-6-8-23(29-17-20)21-10-12-28-24(27)16-21;1-3(2)4/h6-10,12,16-19H,4-5,11,13-15H2,1-3H3,(H,30,31,33);1-2H3. The highest BCUT2D eigenvalue weighted by atomic mass is 19.1. The molecular weight excluding hydrogens is 469 g/mol. The Morgan fingerprint density at radius 3 is 2.32 bits per heavy atom. The summed E-state index contributed by atoms with van der Waals surface area (Å²) in [6.07, 6.45) is 8.44. The number of ketones is 1. The molecule has 0 spiro atoms. The quantitative estimate of drug-likeness (QED) is 0.315. The zero-order valence-corrected chi connectivity index (χ0v) is 22.5. The number of nitrogens with one attached hydrogen (secondary N) is 1. The Balaban J connectivity index is 0.00000112. The molecule has 7 nitrogen and oxygen atoms in total. The molecular formula is C29H38FN5O2. The van der Waals surface area contributed by atoms with Gasteiger partial charge in [0.1, 0.15) is 11.6 Å². The summed E-state index contributed by atoms with van der Waals surface area (Å²) in [6, 6.07) is 10.5. The lowest BCUT2D eigenvalue weighted by molar-refractivity contribution is -0.116. The fourth-order valence-corrected chi connectivity index (χ4v) is 3.50. The predicted octanol–water partition coefficient (Wildman–Crippen LogP) is 6.11. The highest BCUT2D eigenvalue weighted by Gasteiger charge is 2.10. The highest BCUT2D eigenvalue weighted by Crippen LogP contribution is 2.19. The van der Waals surface area contributed by atoms with Gasteiger partial charge in [-0.25, -0.2) is 9.97 Å². The van der Waals surface area contributed by atoms with Gasteiger partial charge in [-0.05, 0) is 62.4 Å². The maximum Gasteiger partial charge on any atom is 0.230 e. The Morgan fingerprint density at radius 1 is 1.00 bits per heavy atom. The molecule has 0 aromatic carbocycles. The fourth-order valence-electron chi connectivity index (χ4n) is 3.50. The van der Waals surface area contributed by atoms with Crippen molar-refractivity contribution < 1.29 is 14.0 Å². The van der Waals surface area contributed by atoms with E-state index < -0.39 is 5.95 Å². The van der Waals surface area contributed by atoms with Crippen molar-refractivity contribution in [1.82, 2.24) is 15.0 Å². The SMILES string of the molecule is CC(C)=O.CCCN(CCC(C)CC)c1ccc(NC(=O)Cc2ccc(-c3ccnc(F)c3)nc2)nc1. The lowest BCUT2D eigenvalue weighted by Crippen LogP contribution is -2.26. The third-order valence-electron chi connectivity index (χ3n) is 5.67. The number of hydrogen-bond donors (Lipinski definition) is 1. The van der Waals surface area contributed by atoms with E-state index in [1.807, 2.05) is 24.4 Å². The molecule has 3 aromatic rings. The van der Waals surface area contributed by atoms with Crippen molar-refractivity contribution in [3.63, 3.8) is 0 Å². The normalized spacial score (nSPS) is 11.2. The number of anilines is 2. The molecule has 1 amide bonds. The molecule has 3 rings (SSSR count). The van der Waals surface area contributed by atoms with Crippen LogP contribution in [0.25, 0.3) is 11.3 Å². The number of carbonyl (C=O) groups excluding carboxylic acids is 2. The van der Waals surface area contributed by atoms with Crippen LogP contribution in [0.4, 0.5) is 15.9 Å². The lowest BCUT2D eigenvalue weighted by atomic mass is 10.0. The Kier molecular flexibility index (Phi) is 12.3. The molecule has 3 aromatic heterocycles. The van der Waals surface area contributed by atoms with Crippen molar-refractivity contribution in [3.8, 4) is 11.3 Å². The Bertz CT molecular complexity index is 1120. The number of amides is 1. The van der Waals surface area contributed by atoms with Gasteiger partial charge in [0, 0.05) is 37.1 Å². The van der Waals surface area contributed by atoms with Gasteiger partial charge in [-0.3, -0.25) is 9.78 Å². The lowest BCUT2D eigenvalue weighted by Gasteiger charge is -2.25. The van der Waals surface area contributed by atoms with Gasteiger partial charge in [0.15, 0.2) is 0 Å². The summed E-state index contributed by atoms with van der Waals surface area (Å²) in [7, 11) is 0. The van der Waals surface area contributed by atoms with Crippen LogP contribution >= 0.6 is 0 Å². The largest absolute Gasteiger partial charge is 0.370 e. The van der Waals surface area contributed by atoms with E-state index in [0.29, 0.717) is 23.0 Å². The third-order valence-corrected chi connectivity index (χ3v) is 5.67. The molecule has 0 radical (unpaired) electrons. The molecule has 0 aliphatic carbocycles. The first-order valence-electron chi connectivity index (χ1n) is 12.8. The summed E-state index contributed by atoms with van der Waals surface area (Å²) in [4.78, 5) is 36.6. The maximum atomic E-state index is 13.3. The molecule has 0 fully saturated rings. The summed E-state index contributed by atoms with van der Waals surface area (Å²) in [5, 5.41) is 2.85. The van der Waals surface area contributed by atoms with Gasteiger partial charge in [-0.1, -0.05) is 33.3 Å². The molecule has 37 heavy (non-hydrogen) atoms. The number of Topliss-reactive ketones (excluding diaryl/α,β-unsaturated/α-hetero) is 1. The van der Waals surface area contributed by atoms with Gasteiger partial charge in [-0.15, -0.1) is 0 Å². The summed E-state index contributed by atoms with van der Waals surface area (Å²) in [5.74, 6) is 0.677. The fraction of sp³-hybridized carbons (Fsp3) is 0.414. The number of aromatic nitrogens is 3. The van der Waals surface area contributed by atoms with Gasteiger partial charge in [0.05, 0.1) is 24.0 Å². The third kappa shape index (κ3) is 10.9. The van der Waals surface area contributed by atoms with Crippen LogP contribution < -0.4 is 10.2 Å². The van der Waals surface area contributed by atoms with Crippen molar-refractivity contribution in [2.75, 3.05) is 23.3 Å². The molecule has 198 valence electrons. The van der Waals surface area contributed by atoms with E-state index in [1.165, 1.54) is 32.5 Å². The minimum Gasteiger partial charge on any atom is -0.370 e. The molecule has 0 saturated carbocycles. The van der Waals surface area contributed by atoms with Crippen LogP contribution in [0.3, 0.4) is 0 Å². The van der Waals surface area contributed by atoms with E-state index in [4.69, 9.17) is 0 Å². The van der Waals surface area contributed by atoms with Gasteiger partial charge in [0.25, 0.3) is 0 Å². The van der Waals surface area contributed by atoms with Gasteiger partial charge < -0.3 is 15.0 Å². The van der Waals surface area contributed by atoms with E-state index in [9.17, 15) is 14.0 Å². The van der Waals surface area contributed by atoms with Crippen molar-refractivity contribution in [2.45, 2.75) is 60.3 Å². The van der Waals surface area contributed by atoms with Crippen molar-refractivity contribution in [2.24, 2.45) is 5.92 Å². The van der Waals surface area contributed by atoms with Crippen LogP contribution in [-0.4, -0.2) is 39.7 Å². The van der Waals surface area contributed by atoms with Crippen molar-refractivity contribution >= 4 is 23.2 Å². The van der Waals surface area contributed by atoms with Gasteiger partial charge in [-0.2, -0.15) is 4.39 Å². The Labute approximate surface area is 219 Å². The minimum atomic E-state index is -0.551. The summed E-state index contributed by atoms with van der Waals surface area (Å²) in [5.41, 5.74) is 3.11. The number of nitrogens with zero attached hydrogens (tertiary/aromatic N) is 4. The van der Waals surface area contributed by atoms with Crippen molar-refractivity contribution in [1.29, 1.82) is 0 Å². The second-order valence-electron chi connectivity index (χ2n) is 9.24. The number of rotatable bonds is 11. The zero-order chi connectivity index (χ0) is 27.2. The first-order chi connectivity index (χ1) is 17.7. The Morgan fingerprint density at radius 2 is 1.76 bits per heavy atom. The first-order valence-corrected chi connectivity index (χ1v) is 12.8. The number of halogens is 1. The number of pyridine rings is 3. The zero-order valence-electron chi connectivity index (χ0n) is 22.5. The smallest absolute Gasteiger partial charge is 0.230 e. The van der Waals surface area contributed by atoms with Crippen LogP contribution in [0.5, 0.6) is 0 Å². The second kappa shape index (κ2) is 15.4. The average molecular weight is 508 g/mol. The van der Waals surface area contributed by atoms with E-state index >= 15 is 0 Å². The van der Waals surface area contributed by atoms with Crippen LogP contribution in [0.15, 0.2) is 55.0 Å². The van der Waals surface area contributed by atoms with Crippen LogP contribution in [0.2, 0.25) is 0 Å². The first kappa shape index (κ1) is 29.5. The molecule has 8 heteroatoms. The molecule has 0 aliphatic rings. The Hall–Kier alpha value is -3.68. The van der Waals surface area contributed by atoms with E-state index in [2.05, 4.69) is 45.9 Å². The molecule has 1 N–H and O–H groups in total. The summed E-state index contributed by atoms with van der Waals surface area (Å²) >= 11 is 0. The molecule has 0 saturated heterocycles. The van der Waals surface area contributed by atoms with Gasteiger partial charge in [0.2, 0.25) is 11.9 Å². The monoisotopic (exact) mass is 507 g/mol. The van der Waals surface area contributed by atoms with Gasteiger partial charge >= 0.3 is 0 Å². The van der Waals surface area contributed by atoms with E-state index in [-0.39, 0.29) is 18.1 Å². The van der Waals surface area contributed by atoms with Crippen LogP contribution in [0, 0.1) is 11.9 Å². The summed E-state index contributed by atoms with van der Waals surface area (Å²) < 4.78 is 13.3. The minimum absolute atomic E-state index is 0.165. The molecule has 1 atom stereocenters. The molecule has 3 heterocycles. The van der Waals surface area contributed by atoms with E-state index in [0.717, 1.165) is 37.2 Å². The predicted molar refractivity (Wildman–Crippen MR) is 147 cm³/mol. The van der Waals surface area contributed by atoms with Crippen molar-refractivity contribution in [3.05, 3.63) is 66.5 Å². The molecule has 0 bridgehead atoms. The van der Waals surface area contributed by atoms with E-state index in [1.54, 1.807) is 18.3 Å². The maximum absolute atomic E-state index is 13.3. The van der Waals surface area contributed by atoms with Crippen LogP contribution in [0.1, 0.15) is 59.4 Å². The number of hydrogen-bond acceptors (Lipinski definition) is 6. The topological polar surface area (TPSA) is 88.1 Å². The average Bonchev–Trinajstić information content (AvgIpc) is 2.87. The highest BCUT2D eigenvalue weighted by molar-refractivity contribution is 5.91. The van der Waals surface area contributed by atoms with Crippen LogP contribution in [-0.2, 0) is 16.0 Å². The number of carbonyl (C=O) groups is 2. The molecule has 0 aliphatic heterocycles. The second-order valence-corrected chi connectivity index (χ2v) is 9.24.